The van der Waals surface area contributed by atoms with Crippen LogP contribution in [-0.2, 0) is 11.3 Å². The van der Waals surface area contributed by atoms with E-state index in [1.165, 1.54) is 11.1 Å². The number of hydrogen-bond donors (Lipinski definition) is 1. The van der Waals surface area contributed by atoms with Crippen molar-refractivity contribution in [2.45, 2.75) is 19.1 Å². The van der Waals surface area contributed by atoms with Gasteiger partial charge in [-0.05, 0) is 28.3 Å². The average molecular weight is 240 g/mol. The smallest absolute Gasteiger partial charge is 0.0846 e. The lowest BCUT2D eigenvalue weighted by Crippen LogP contribution is -2.17. The first-order chi connectivity index (χ1) is 8.86. The SMILES string of the molecule is OCc1cccc(-c2ccc(C3CCO3)cc2)c1. The lowest BCUT2D eigenvalue weighted by Gasteiger charge is -2.26. The first kappa shape index (κ1) is 11.5. The largest absolute Gasteiger partial charge is 0.392 e. The summed E-state index contributed by atoms with van der Waals surface area (Å²) in [5.74, 6) is 0. The van der Waals surface area contributed by atoms with Gasteiger partial charge in [-0.1, -0.05) is 42.5 Å². The van der Waals surface area contributed by atoms with Crippen molar-refractivity contribution in [3.63, 3.8) is 0 Å². The van der Waals surface area contributed by atoms with Gasteiger partial charge in [0.2, 0.25) is 0 Å². The maximum atomic E-state index is 9.15. The van der Waals surface area contributed by atoms with E-state index in [9.17, 15) is 0 Å². The van der Waals surface area contributed by atoms with Crippen LogP contribution >= 0.6 is 0 Å². The van der Waals surface area contributed by atoms with Gasteiger partial charge < -0.3 is 9.84 Å². The van der Waals surface area contributed by atoms with Crippen LogP contribution in [0.25, 0.3) is 11.1 Å². The van der Waals surface area contributed by atoms with Crippen LogP contribution in [0.5, 0.6) is 0 Å². The molecule has 1 unspecified atom stereocenters. The standard InChI is InChI=1S/C16H16O2/c17-11-12-2-1-3-15(10-12)13-4-6-14(7-5-13)16-8-9-18-16/h1-7,10,16-17H,8-9,11H2. The topological polar surface area (TPSA) is 29.5 Å². The molecule has 1 aliphatic heterocycles. The second-order valence-electron chi connectivity index (χ2n) is 4.63. The Hall–Kier alpha value is -1.64. The molecule has 2 aromatic carbocycles. The molecule has 2 nitrogen and oxygen atoms in total. The number of aliphatic hydroxyl groups excluding tert-OH is 1. The molecule has 1 fully saturated rings. The lowest BCUT2D eigenvalue weighted by atomic mass is 9.98. The van der Waals surface area contributed by atoms with Gasteiger partial charge in [0, 0.05) is 6.42 Å². The minimum Gasteiger partial charge on any atom is -0.392 e. The molecule has 92 valence electrons. The zero-order valence-corrected chi connectivity index (χ0v) is 10.2. The Kier molecular flexibility index (Phi) is 3.13. The molecule has 18 heavy (non-hydrogen) atoms. The summed E-state index contributed by atoms with van der Waals surface area (Å²) in [6.07, 6.45) is 1.42. The highest BCUT2D eigenvalue weighted by molar-refractivity contribution is 5.64. The van der Waals surface area contributed by atoms with Crippen molar-refractivity contribution in [1.82, 2.24) is 0 Å². The molecule has 1 aliphatic rings. The molecule has 0 spiro atoms. The summed E-state index contributed by atoms with van der Waals surface area (Å²) < 4.78 is 5.47. The van der Waals surface area contributed by atoms with Crippen molar-refractivity contribution in [3.05, 3.63) is 59.7 Å². The fourth-order valence-electron chi connectivity index (χ4n) is 2.24. The summed E-state index contributed by atoms with van der Waals surface area (Å²) in [4.78, 5) is 0. The highest BCUT2D eigenvalue weighted by atomic mass is 16.5. The van der Waals surface area contributed by atoms with Gasteiger partial charge >= 0.3 is 0 Å². The summed E-state index contributed by atoms with van der Waals surface area (Å²) in [6, 6.07) is 16.5. The molecule has 0 aliphatic carbocycles. The fraction of sp³-hybridized carbons (Fsp3) is 0.250. The maximum Gasteiger partial charge on any atom is 0.0846 e. The third-order valence-electron chi connectivity index (χ3n) is 3.42. The second-order valence-corrected chi connectivity index (χ2v) is 4.63. The molecule has 2 aromatic rings. The number of hydrogen-bond acceptors (Lipinski definition) is 2. The van der Waals surface area contributed by atoms with Crippen molar-refractivity contribution in [2.24, 2.45) is 0 Å². The molecular formula is C16H16O2. The van der Waals surface area contributed by atoms with Crippen LogP contribution in [0.3, 0.4) is 0 Å². The first-order valence-electron chi connectivity index (χ1n) is 6.28. The molecular weight excluding hydrogens is 224 g/mol. The van der Waals surface area contributed by atoms with Gasteiger partial charge in [-0.25, -0.2) is 0 Å². The molecule has 1 atom stereocenters. The molecule has 0 aromatic heterocycles. The van der Waals surface area contributed by atoms with E-state index in [4.69, 9.17) is 9.84 Å². The molecule has 0 radical (unpaired) electrons. The third kappa shape index (κ3) is 2.17. The predicted molar refractivity (Wildman–Crippen MR) is 71.1 cm³/mol. The Morgan fingerprint density at radius 1 is 1.06 bits per heavy atom. The molecule has 0 amide bonds. The normalized spacial score (nSPS) is 18.4. The van der Waals surface area contributed by atoms with Crippen LogP contribution < -0.4 is 0 Å². The van der Waals surface area contributed by atoms with Gasteiger partial charge in [-0.15, -0.1) is 0 Å². The lowest BCUT2D eigenvalue weighted by molar-refractivity contribution is -0.0527. The minimum absolute atomic E-state index is 0.0852. The molecule has 1 saturated heterocycles. The molecule has 0 saturated carbocycles. The number of aliphatic hydroxyl groups is 1. The Labute approximate surface area is 107 Å². The molecule has 1 N–H and O–H groups in total. The van der Waals surface area contributed by atoms with Crippen LogP contribution in [0.1, 0.15) is 23.7 Å². The van der Waals surface area contributed by atoms with Crippen LogP contribution in [-0.4, -0.2) is 11.7 Å². The van der Waals surface area contributed by atoms with E-state index < -0.39 is 0 Å². The number of rotatable bonds is 3. The summed E-state index contributed by atoms with van der Waals surface area (Å²) in [5.41, 5.74) is 4.51. The highest BCUT2D eigenvalue weighted by Gasteiger charge is 2.19. The summed E-state index contributed by atoms with van der Waals surface area (Å²) in [5, 5.41) is 9.15. The first-order valence-corrected chi connectivity index (χ1v) is 6.28. The van der Waals surface area contributed by atoms with E-state index in [0.29, 0.717) is 6.10 Å². The van der Waals surface area contributed by atoms with E-state index in [1.807, 2.05) is 18.2 Å². The minimum atomic E-state index is 0.0852. The number of ether oxygens (including phenoxy) is 1. The quantitative estimate of drug-likeness (QED) is 0.892. The van der Waals surface area contributed by atoms with Crippen LogP contribution in [0.4, 0.5) is 0 Å². The van der Waals surface area contributed by atoms with Gasteiger partial charge in [-0.2, -0.15) is 0 Å². The molecule has 2 heteroatoms. The summed E-state index contributed by atoms with van der Waals surface area (Å²) >= 11 is 0. The second kappa shape index (κ2) is 4.92. The Morgan fingerprint density at radius 2 is 1.83 bits per heavy atom. The van der Waals surface area contributed by atoms with Crippen molar-refractivity contribution >= 4 is 0 Å². The Bertz CT molecular complexity index is 527. The molecule has 0 bridgehead atoms. The summed E-state index contributed by atoms with van der Waals surface area (Å²) in [7, 11) is 0. The summed E-state index contributed by atoms with van der Waals surface area (Å²) in [6.45, 7) is 0.965. The van der Waals surface area contributed by atoms with E-state index in [0.717, 1.165) is 24.2 Å². The van der Waals surface area contributed by atoms with Gasteiger partial charge in [0.15, 0.2) is 0 Å². The van der Waals surface area contributed by atoms with Crippen LogP contribution in [0.2, 0.25) is 0 Å². The van der Waals surface area contributed by atoms with Crippen molar-refractivity contribution in [2.75, 3.05) is 6.61 Å². The highest BCUT2D eigenvalue weighted by Crippen LogP contribution is 2.30. The predicted octanol–water partition coefficient (Wildman–Crippen LogP) is 3.31. The maximum absolute atomic E-state index is 9.15. The van der Waals surface area contributed by atoms with Crippen LogP contribution in [0, 0.1) is 0 Å². The van der Waals surface area contributed by atoms with Crippen LogP contribution in [0.15, 0.2) is 48.5 Å². The molecule has 1 heterocycles. The van der Waals surface area contributed by atoms with E-state index in [1.54, 1.807) is 0 Å². The van der Waals surface area contributed by atoms with Gasteiger partial charge in [0.25, 0.3) is 0 Å². The zero-order chi connectivity index (χ0) is 12.4. The van der Waals surface area contributed by atoms with Gasteiger partial charge in [0.05, 0.1) is 19.3 Å². The van der Waals surface area contributed by atoms with E-state index in [2.05, 4.69) is 30.3 Å². The van der Waals surface area contributed by atoms with E-state index in [-0.39, 0.29) is 6.61 Å². The van der Waals surface area contributed by atoms with Gasteiger partial charge in [0.1, 0.15) is 0 Å². The Balaban J connectivity index is 1.86. The van der Waals surface area contributed by atoms with Crippen molar-refractivity contribution in [1.29, 1.82) is 0 Å². The van der Waals surface area contributed by atoms with Gasteiger partial charge in [-0.3, -0.25) is 0 Å². The Morgan fingerprint density at radius 3 is 2.44 bits per heavy atom. The monoisotopic (exact) mass is 240 g/mol. The third-order valence-corrected chi connectivity index (χ3v) is 3.42. The fourth-order valence-corrected chi connectivity index (χ4v) is 2.24. The van der Waals surface area contributed by atoms with E-state index >= 15 is 0 Å². The number of benzene rings is 2. The van der Waals surface area contributed by atoms with Crippen molar-refractivity contribution in [3.8, 4) is 11.1 Å². The zero-order valence-electron chi connectivity index (χ0n) is 10.2. The average Bonchev–Trinajstić information content (AvgIpc) is 2.38. The molecule has 3 rings (SSSR count). The van der Waals surface area contributed by atoms with Crippen molar-refractivity contribution < 1.29 is 9.84 Å².